The maximum atomic E-state index is 10.6. The van der Waals surface area contributed by atoms with Gasteiger partial charge in [0, 0.05) is 6.42 Å². The van der Waals surface area contributed by atoms with E-state index in [1.807, 2.05) is 0 Å². The van der Waals surface area contributed by atoms with Gasteiger partial charge in [-0.1, -0.05) is 46.3 Å². The molecule has 8 fully saturated rings. The fourth-order valence-corrected chi connectivity index (χ4v) is 13.4. The molecule has 9 aliphatic rings. The zero-order valence-corrected chi connectivity index (χ0v) is 26.8. The molecule has 4 saturated heterocycles. The van der Waals surface area contributed by atoms with Gasteiger partial charge in [-0.15, -0.1) is 0 Å². The molecule has 0 amide bonds. The van der Waals surface area contributed by atoms with E-state index in [0.717, 1.165) is 32.1 Å². The molecule has 0 aromatic heterocycles. The molecule has 3 spiro atoms. The van der Waals surface area contributed by atoms with Gasteiger partial charge in [-0.05, 0) is 96.7 Å². The molecule has 4 aliphatic heterocycles. The molecule has 0 aromatic rings. The number of epoxide rings is 1. The zero-order valence-electron chi connectivity index (χ0n) is 26.8. The van der Waals surface area contributed by atoms with Crippen LogP contribution in [0, 0.1) is 44.8 Å². The number of aliphatic hydroxyl groups is 3. The molecule has 8 nitrogen and oxygen atoms in total. The second-order valence-electron chi connectivity index (χ2n) is 17.8. The molecule has 4 saturated carbocycles. The first-order valence-corrected chi connectivity index (χ1v) is 17.2. The molecule has 0 radical (unpaired) electrons. The van der Waals surface area contributed by atoms with E-state index >= 15 is 0 Å². The Balaban J connectivity index is 1.00. The fourth-order valence-electron chi connectivity index (χ4n) is 13.4. The van der Waals surface area contributed by atoms with E-state index in [4.69, 9.17) is 23.7 Å². The van der Waals surface area contributed by atoms with Crippen molar-refractivity contribution in [1.29, 1.82) is 0 Å². The van der Waals surface area contributed by atoms with Gasteiger partial charge in [0.05, 0.1) is 25.4 Å². The summed E-state index contributed by atoms with van der Waals surface area (Å²) >= 11 is 0. The summed E-state index contributed by atoms with van der Waals surface area (Å²) in [5.41, 5.74) is 2.34. The molecule has 0 aromatic carbocycles. The van der Waals surface area contributed by atoms with Crippen LogP contribution in [-0.2, 0) is 23.7 Å². The molecule has 0 bridgehead atoms. The number of rotatable bonds is 2. The van der Waals surface area contributed by atoms with E-state index < -0.39 is 30.4 Å². The highest BCUT2D eigenvalue weighted by molar-refractivity contribution is 5.46. The summed E-state index contributed by atoms with van der Waals surface area (Å²) in [5.74, 6) is 0.983. The van der Waals surface area contributed by atoms with Crippen LogP contribution >= 0.6 is 0 Å². The van der Waals surface area contributed by atoms with Crippen LogP contribution in [0.1, 0.15) is 92.9 Å². The number of hydrogen-bond donors (Lipinski definition) is 3. The smallest absolute Gasteiger partial charge is 0.198 e. The van der Waals surface area contributed by atoms with E-state index in [-0.39, 0.29) is 52.2 Å². The molecule has 0 unspecified atom stereocenters. The van der Waals surface area contributed by atoms with Crippen molar-refractivity contribution in [3.05, 3.63) is 11.6 Å². The van der Waals surface area contributed by atoms with Crippen LogP contribution in [0.4, 0.5) is 0 Å². The Kier molecular flexibility index (Phi) is 5.51. The van der Waals surface area contributed by atoms with Crippen molar-refractivity contribution >= 4 is 0 Å². The van der Waals surface area contributed by atoms with Crippen molar-refractivity contribution in [2.75, 3.05) is 13.2 Å². The highest BCUT2D eigenvalue weighted by Crippen LogP contribution is 2.88. The van der Waals surface area contributed by atoms with E-state index in [9.17, 15) is 15.3 Å². The molecule has 4 heterocycles. The van der Waals surface area contributed by atoms with E-state index in [2.05, 4.69) is 47.6 Å². The first kappa shape index (κ1) is 28.6. The van der Waals surface area contributed by atoms with Crippen molar-refractivity contribution < 1.29 is 39.0 Å². The number of ether oxygens (including phenoxy) is 5. The number of aliphatic hydroxyl groups excluding tert-OH is 3. The Morgan fingerprint density at radius 1 is 0.953 bits per heavy atom. The van der Waals surface area contributed by atoms with Crippen LogP contribution in [0.5, 0.6) is 0 Å². The van der Waals surface area contributed by atoms with Crippen LogP contribution < -0.4 is 0 Å². The molecule has 3 N–H and O–H groups in total. The van der Waals surface area contributed by atoms with Crippen LogP contribution in [0.2, 0.25) is 0 Å². The topological polar surface area (TPSA) is 110 Å². The van der Waals surface area contributed by atoms with Crippen molar-refractivity contribution in [3.63, 3.8) is 0 Å². The van der Waals surface area contributed by atoms with Gasteiger partial charge in [0.2, 0.25) is 0 Å². The second-order valence-corrected chi connectivity index (χ2v) is 17.8. The summed E-state index contributed by atoms with van der Waals surface area (Å²) in [4.78, 5) is 0. The average molecular weight is 601 g/mol. The third-order valence-corrected chi connectivity index (χ3v) is 15.6. The van der Waals surface area contributed by atoms with Gasteiger partial charge in [0.15, 0.2) is 12.1 Å². The first-order chi connectivity index (χ1) is 20.2. The lowest BCUT2D eigenvalue weighted by atomic mass is 9.45. The molecule has 16 atom stereocenters. The van der Waals surface area contributed by atoms with Crippen molar-refractivity contribution in [3.8, 4) is 0 Å². The van der Waals surface area contributed by atoms with E-state index in [1.54, 1.807) is 5.57 Å². The summed E-state index contributed by atoms with van der Waals surface area (Å²) in [5, 5.41) is 30.8. The Labute approximate surface area is 255 Å². The average Bonchev–Trinajstić information content (AvgIpc) is 3.77. The SMILES string of the molecule is C[C@@H]1C[C@]2(OC[C@]3(C)O[C@H]23)O[C@H]2C[C@@]3(C)C4=CC[C@H]5C(C)(C)[C@@H](O[C@@H]6OC[C@H](O)[C@H](O)[C@H]6O)CC[C@@]56C[C@@]46CC[C@]3(C)[C@@H]12. The maximum absolute atomic E-state index is 10.6. The lowest BCUT2D eigenvalue weighted by Crippen LogP contribution is -2.58. The van der Waals surface area contributed by atoms with Crippen LogP contribution in [0.3, 0.4) is 0 Å². The van der Waals surface area contributed by atoms with Crippen molar-refractivity contribution in [2.45, 2.75) is 147 Å². The molecular weight excluding hydrogens is 548 g/mol. The second kappa shape index (κ2) is 8.28. The summed E-state index contributed by atoms with van der Waals surface area (Å²) in [6.07, 6.45) is 7.24. The minimum Gasteiger partial charge on any atom is -0.388 e. The Morgan fingerprint density at radius 3 is 2.47 bits per heavy atom. The first-order valence-electron chi connectivity index (χ1n) is 17.2. The predicted molar refractivity (Wildman–Crippen MR) is 155 cm³/mol. The van der Waals surface area contributed by atoms with Crippen LogP contribution in [-0.4, -0.2) is 82.8 Å². The number of allylic oxidation sites excluding steroid dienone is 2. The Bertz CT molecular complexity index is 1270. The molecule has 240 valence electrons. The third-order valence-electron chi connectivity index (χ3n) is 15.6. The van der Waals surface area contributed by atoms with Crippen molar-refractivity contribution in [2.24, 2.45) is 44.8 Å². The van der Waals surface area contributed by atoms with E-state index in [0.29, 0.717) is 29.8 Å². The molecule has 9 rings (SSSR count). The third kappa shape index (κ3) is 3.22. The number of fused-ring (bicyclic) bond motifs is 6. The maximum Gasteiger partial charge on any atom is 0.198 e. The molecule has 8 heteroatoms. The minimum atomic E-state index is -1.25. The molecule has 43 heavy (non-hydrogen) atoms. The lowest BCUT2D eigenvalue weighted by molar-refractivity contribution is -0.304. The predicted octanol–water partition coefficient (Wildman–Crippen LogP) is 4.09. The van der Waals surface area contributed by atoms with Crippen LogP contribution in [0.15, 0.2) is 11.6 Å². The Morgan fingerprint density at radius 2 is 1.74 bits per heavy atom. The lowest BCUT2D eigenvalue weighted by Gasteiger charge is -2.60. The zero-order chi connectivity index (χ0) is 30.2. The summed E-state index contributed by atoms with van der Waals surface area (Å²) < 4.78 is 31.8. The summed E-state index contributed by atoms with van der Waals surface area (Å²) in [6, 6.07) is 0. The normalized spacial score (nSPS) is 64.1. The van der Waals surface area contributed by atoms with Gasteiger partial charge < -0.3 is 39.0 Å². The minimum absolute atomic E-state index is 0.0273. The monoisotopic (exact) mass is 600 g/mol. The molecular formula is C35H52O8. The Hall–Kier alpha value is -0.580. The van der Waals surface area contributed by atoms with Gasteiger partial charge >= 0.3 is 0 Å². The standard InChI is InChI=1S/C35H52O8/c1-18-13-35(28-32(6,43-28)17-40-35)42-20-14-31(5)22-8-7-21-29(2,3)23(41-27-26(38)25(37)19(36)15-39-27)9-10-33(21)16-34(22,33)12-11-30(31,4)24(18)20/h8,18-21,23-28,36-38H,7,9-17H2,1-6H3/t18-,19+,20+,21+,23+,24+,25+,26-,27+,28+,30-,31+,32+,33-,34+,35+/m1/s1. The van der Waals surface area contributed by atoms with E-state index in [1.165, 1.54) is 19.3 Å². The van der Waals surface area contributed by atoms with Gasteiger partial charge in [-0.2, -0.15) is 0 Å². The fraction of sp³-hybridized carbons (Fsp3) is 0.943. The van der Waals surface area contributed by atoms with Crippen LogP contribution in [0.25, 0.3) is 0 Å². The van der Waals surface area contributed by atoms with Crippen molar-refractivity contribution in [1.82, 2.24) is 0 Å². The highest BCUT2D eigenvalue weighted by atomic mass is 16.8. The highest BCUT2D eigenvalue weighted by Gasteiger charge is 2.82. The van der Waals surface area contributed by atoms with Gasteiger partial charge in [0.1, 0.15) is 30.0 Å². The van der Waals surface area contributed by atoms with Gasteiger partial charge in [0.25, 0.3) is 0 Å². The summed E-state index contributed by atoms with van der Waals surface area (Å²) in [7, 11) is 0. The number of hydrogen-bond acceptors (Lipinski definition) is 8. The largest absolute Gasteiger partial charge is 0.388 e. The van der Waals surface area contributed by atoms with Gasteiger partial charge in [-0.3, -0.25) is 0 Å². The summed E-state index contributed by atoms with van der Waals surface area (Å²) in [6.45, 7) is 15.1. The van der Waals surface area contributed by atoms with Gasteiger partial charge in [-0.25, -0.2) is 0 Å². The molecule has 5 aliphatic carbocycles. The quantitative estimate of drug-likeness (QED) is 0.321.